The van der Waals surface area contributed by atoms with Crippen molar-refractivity contribution in [2.24, 2.45) is 0 Å². The zero-order chi connectivity index (χ0) is 7.61. The van der Waals surface area contributed by atoms with Crippen LogP contribution in [0, 0.1) is 0 Å². The Balaban J connectivity index is 2.41. The fourth-order valence-corrected chi connectivity index (χ4v) is 1.61. The van der Waals surface area contributed by atoms with Crippen LogP contribution in [0.2, 0.25) is 0 Å². The molecule has 2 unspecified atom stereocenters. The number of methoxy groups -OCH3 is 1. The van der Waals surface area contributed by atoms with Gasteiger partial charge >= 0.3 is 0 Å². The summed E-state index contributed by atoms with van der Waals surface area (Å²) in [6.07, 6.45) is 1.76. The summed E-state index contributed by atoms with van der Waals surface area (Å²) in [5.74, 6) is 0. The average Bonchev–Trinajstić information content (AvgIpc) is 2.33. The van der Waals surface area contributed by atoms with Gasteiger partial charge in [-0.25, -0.2) is 0 Å². The minimum absolute atomic E-state index is 0.518. The number of nitrogens with zero attached hydrogens (tertiary/aromatic N) is 1. The first-order chi connectivity index (χ1) is 4.70. The van der Waals surface area contributed by atoms with Crippen LogP contribution in [0.1, 0.15) is 13.3 Å². The molecule has 0 aromatic rings. The van der Waals surface area contributed by atoms with Crippen LogP contribution in [0.3, 0.4) is 0 Å². The lowest BCUT2D eigenvalue weighted by atomic mass is 10.3. The van der Waals surface area contributed by atoms with Gasteiger partial charge in [0.25, 0.3) is 0 Å². The SMILES string of the molecule is CC[N+]1(C)CCC(OC)C1. The third kappa shape index (κ3) is 1.50. The van der Waals surface area contributed by atoms with E-state index in [9.17, 15) is 0 Å². The summed E-state index contributed by atoms with van der Waals surface area (Å²) in [7, 11) is 4.12. The normalized spacial score (nSPS) is 40.5. The van der Waals surface area contributed by atoms with Gasteiger partial charge in [-0.1, -0.05) is 0 Å². The monoisotopic (exact) mass is 144 g/mol. The van der Waals surface area contributed by atoms with Gasteiger partial charge in [0.2, 0.25) is 0 Å². The third-order valence-corrected chi connectivity index (χ3v) is 2.73. The molecule has 0 aromatic carbocycles. The number of rotatable bonds is 2. The zero-order valence-corrected chi connectivity index (χ0v) is 7.26. The molecule has 2 atom stereocenters. The zero-order valence-electron chi connectivity index (χ0n) is 7.26. The number of ether oxygens (including phenoxy) is 1. The van der Waals surface area contributed by atoms with Gasteiger partial charge in [-0.2, -0.15) is 0 Å². The molecule has 0 N–H and O–H groups in total. The molecule has 1 fully saturated rings. The van der Waals surface area contributed by atoms with Crippen LogP contribution in [0.15, 0.2) is 0 Å². The van der Waals surface area contributed by atoms with Crippen LogP contribution in [0.5, 0.6) is 0 Å². The fourth-order valence-electron chi connectivity index (χ4n) is 1.61. The second-order valence-electron chi connectivity index (χ2n) is 3.49. The summed E-state index contributed by atoms with van der Waals surface area (Å²) in [4.78, 5) is 0. The van der Waals surface area contributed by atoms with E-state index >= 15 is 0 Å². The van der Waals surface area contributed by atoms with Gasteiger partial charge in [0.1, 0.15) is 12.6 Å². The standard InChI is InChI=1S/C8H18NO/c1-4-9(2)6-5-8(7-9)10-3/h8H,4-7H2,1-3H3/q+1. The van der Waals surface area contributed by atoms with Crippen molar-refractivity contribution in [3.05, 3.63) is 0 Å². The summed E-state index contributed by atoms with van der Waals surface area (Å²) < 4.78 is 6.49. The lowest BCUT2D eigenvalue weighted by Gasteiger charge is -2.27. The molecule has 0 aromatic heterocycles. The smallest absolute Gasteiger partial charge is 0.111 e. The molecule has 1 aliphatic heterocycles. The van der Waals surface area contributed by atoms with Gasteiger partial charge in [0, 0.05) is 13.5 Å². The first kappa shape index (κ1) is 8.02. The maximum absolute atomic E-state index is 5.29. The van der Waals surface area contributed by atoms with Gasteiger partial charge in [0.15, 0.2) is 0 Å². The average molecular weight is 144 g/mol. The molecule has 0 bridgehead atoms. The van der Waals surface area contributed by atoms with Crippen LogP contribution < -0.4 is 0 Å². The van der Waals surface area contributed by atoms with Crippen LogP contribution in [-0.2, 0) is 4.74 Å². The molecular weight excluding hydrogens is 126 g/mol. The highest BCUT2D eigenvalue weighted by atomic mass is 16.5. The van der Waals surface area contributed by atoms with E-state index in [2.05, 4.69) is 14.0 Å². The van der Waals surface area contributed by atoms with E-state index in [1.165, 1.54) is 30.5 Å². The third-order valence-electron chi connectivity index (χ3n) is 2.73. The van der Waals surface area contributed by atoms with Gasteiger partial charge in [0.05, 0.1) is 20.1 Å². The van der Waals surface area contributed by atoms with Crippen LogP contribution in [0.4, 0.5) is 0 Å². The maximum atomic E-state index is 5.29. The van der Waals surface area contributed by atoms with Gasteiger partial charge in [-0.3, -0.25) is 0 Å². The maximum Gasteiger partial charge on any atom is 0.111 e. The van der Waals surface area contributed by atoms with Crippen molar-refractivity contribution in [2.75, 3.05) is 33.8 Å². The Hall–Kier alpha value is -0.0800. The summed E-state index contributed by atoms with van der Waals surface area (Å²) in [5, 5.41) is 0. The minimum Gasteiger partial charge on any atom is -0.375 e. The van der Waals surface area contributed by atoms with Crippen LogP contribution in [0.25, 0.3) is 0 Å². The summed E-state index contributed by atoms with van der Waals surface area (Å²) >= 11 is 0. The topological polar surface area (TPSA) is 9.23 Å². The molecule has 10 heavy (non-hydrogen) atoms. The lowest BCUT2D eigenvalue weighted by molar-refractivity contribution is -0.897. The number of likely N-dealkylation sites (N-methyl/N-ethyl adjacent to an activating group) is 1. The van der Waals surface area contributed by atoms with E-state index in [1.54, 1.807) is 0 Å². The van der Waals surface area contributed by atoms with E-state index < -0.39 is 0 Å². The molecule has 0 amide bonds. The summed E-state index contributed by atoms with van der Waals surface area (Å²) in [6, 6.07) is 0. The molecule has 0 radical (unpaired) electrons. The second-order valence-corrected chi connectivity index (χ2v) is 3.49. The van der Waals surface area contributed by atoms with Crippen molar-refractivity contribution in [3.63, 3.8) is 0 Å². The van der Waals surface area contributed by atoms with E-state index in [0.29, 0.717) is 6.10 Å². The molecule has 0 spiro atoms. The Morgan fingerprint density at radius 1 is 1.60 bits per heavy atom. The summed E-state index contributed by atoms with van der Waals surface area (Å²) in [6.45, 7) is 5.97. The van der Waals surface area contributed by atoms with Gasteiger partial charge in [-0.05, 0) is 6.92 Å². The van der Waals surface area contributed by atoms with E-state index in [0.717, 1.165) is 0 Å². The highest BCUT2D eigenvalue weighted by molar-refractivity contribution is 4.63. The molecule has 2 nitrogen and oxygen atoms in total. The van der Waals surface area contributed by atoms with Crippen LogP contribution in [-0.4, -0.2) is 44.4 Å². The number of hydrogen-bond donors (Lipinski definition) is 0. The Kier molecular flexibility index (Phi) is 2.32. The number of hydrogen-bond acceptors (Lipinski definition) is 1. The van der Waals surface area contributed by atoms with E-state index in [1.807, 2.05) is 7.11 Å². The summed E-state index contributed by atoms with van der Waals surface area (Å²) in [5.41, 5.74) is 0. The second kappa shape index (κ2) is 2.89. The predicted octanol–water partition coefficient (Wildman–Crippen LogP) is 0.872. The predicted molar refractivity (Wildman–Crippen MR) is 41.9 cm³/mol. The lowest BCUT2D eigenvalue weighted by Crippen LogP contribution is -2.41. The van der Waals surface area contributed by atoms with Gasteiger partial charge in [-0.15, -0.1) is 0 Å². The molecule has 0 saturated carbocycles. The molecule has 60 valence electrons. The Morgan fingerprint density at radius 3 is 2.60 bits per heavy atom. The van der Waals surface area contributed by atoms with Crippen molar-refractivity contribution < 1.29 is 9.22 Å². The highest BCUT2D eigenvalue weighted by Crippen LogP contribution is 2.17. The van der Waals surface area contributed by atoms with E-state index in [4.69, 9.17) is 4.74 Å². The van der Waals surface area contributed by atoms with E-state index in [-0.39, 0.29) is 0 Å². The largest absolute Gasteiger partial charge is 0.375 e. The highest BCUT2D eigenvalue weighted by Gasteiger charge is 2.32. The molecule has 2 heteroatoms. The minimum atomic E-state index is 0.518. The van der Waals surface area contributed by atoms with Crippen LogP contribution >= 0.6 is 0 Å². The Labute approximate surface area is 63.4 Å². The molecule has 0 aliphatic carbocycles. The molecule has 1 saturated heterocycles. The number of quaternary nitrogens is 1. The van der Waals surface area contributed by atoms with Gasteiger partial charge < -0.3 is 9.22 Å². The van der Waals surface area contributed by atoms with Crippen molar-refractivity contribution in [1.29, 1.82) is 0 Å². The molecule has 1 aliphatic rings. The fraction of sp³-hybridized carbons (Fsp3) is 1.00. The van der Waals surface area contributed by atoms with Crippen molar-refractivity contribution in [3.8, 4) is 0 Å². The van der Waals surface area contributed by atoms with Crippen molar-refractivity contribution >= 4 is 0 Å². The van der Waals surface area contributed by atoms with Crippen molar-refractivity contribution in [1.82, 2.24) is 0 Å². The molecule has 1 heterocycles. The van der Waals surface area contributed by atoms with Crippen molar-refractivity contribution in [2.45, 2.75) is 19.4 Å². The first-order valence-corrected chi connectivity index (χ1v) is 4.06. The first-order valence-electron chi connectivity index (χ1n) is 4.06. The molecular formula is C8H18NO+. The quantitative estimate of drug-likeness (QED) is 0.523. The molecule has 1 rings (SSSR count). The number of likely N-dealkylation sites (tertiary alicyclic amines) is 1. The Morgan fingerprint density at radius 2 is 2.30 bits per heavy atom. The Bertz CT molecular complexity index is 116.